The Hall–Kier alpha value is -1.94. The van der Waals surface area contributed by atoms with Gasteiger partial charge in [0.15, 0.2) is 0 Å². The number of aromatic nitrogens is 1. The number of hydrogen-bond acceptors (Lipinski definition) is 3. The van der Waals surface area contributed by atoms with Gasteiger partial charge in [-0.25, -0.2) is 9.37 Å². The van der Waals surface area contributed by atoms with Crippen LogP contribution in [-0.2, 0) is 0 Å². The van der Waals surface area contributed by atoms with Gasteiger partial charge in [-0.1, -0.05) is 6.07 Å². The molecule has 1 aromatic heterocycles. The Balaban J connectivity index is 1.80. The van der Waals surface area contributed by atoms with E-state index in [9.17, 15) is 4.39 Å². The molecule has 1 fully saturated rings. The van der Waals surface area contributed by atoms with Gasteiger partial charge < -0.3 is 10.1 Å². The fourth-order valence-corrected chi connectivity index (χ4v) is 2.16. The highest BCUT2D eigenvalue weighted by atomic mass is 19.1. The molecule has 0 saturated carbocycles. The fraction of sp³-hybridized carbons (Fsp3) is 0.267. The molecule has 1 atom stereocenters. The quantitative estimate of drug-likeness (QED) is 0.919. The van der Waals surface area contributed by atoms with E-state index in [0.717, 1.165) is 30.8 Å². The highest BCUT2D eigenvalue weighted by molar-refractivity contribution is 5.59. The topological polar surface area (TPSA) is 34.1 Å². The second-order valence-corrected chi connectivity index (χ2v) is 4.60. The maximum atomic E-state index is 12.9. The third-order valence-corrected chi connectivity index (χ3v) is 3.17. The minimum atomic E-state index is -0.242. The van der Waals surface area contributed by atoms with Crippen LogP contribution in [0.1, 0.15) is 6.42 Å². The molecule has 0 aliphatic carbocycles. The number of ether oxygens (including phenoxy) is 1. The highest BCUT2D eigenvalue weighted by Gasteiger charge is 2.16. The molecular formula is C15H15FN2O. The van der Waals surface area contributed by atoms with Crippen molar-refractivity contribution in [3.63, 3.8) is 0 Å². The number of nitrogens with one attached hydrogen (secondary N) is 1. The van der Waals surface area contributed by atoms with Crippen molar-refractivity contribution < 1.29 is 9.13 Å². The van der Waals surface area contributed by atoms with E-state index in [-0.39, 0.29) is 11.9 Å². The molecule has 1 unspecified atom stereocenters. The first-order chi connectivity index (χ1) is 9.31. The lowest BCUT2D eigenvalue weighted by Gasteiger charge is -2.12. The maximum absolute atomic E-state index is 12.9. The van der Waals surface area contributed by atoms with E-state index in [1.54, 1.807) is 12.1 Å². The second kappa shape index (κ2) is 5.36. The minimum Gasteiger partial charge on any atom is -0.473 e. The van der Waals surface area contributed by atoms with Crippen LogP contribution in [0.4, 0.5) is 4.39 Å². The molecular weight excluding hydrogens is 243 g/mol. The molecule has 0 radical (unpaired) electrons. The first-order valence-electron chi connectivity index (χ1n) is 6.42. The van der Waals surface area contributed by atoms with Gasteiger partial charge in [-0.15, -0.1) is 0 Å². The smallest absolute Gasteiger partial charge is 0.214 e. The maximum Gasteiger partial charge on any atom is 0.214 e. The summed E-state index contributed by atoms with van der Waals surface area (Å²) in [6.45, 7) is 1.85. The molecule has 0 bridgehead atoms. The summed E-state index contributed by atoms with van der Waals surface area (Å²) >= 11 is 0. The van der Waals surface area contributed by atoms with Crippen LogP contribution < -0.4 is 10.1 Å². The first-order valence-corrected chi connectivity index (χ1v) is 6.42. The van der Waals surface area contributed by atoms with Crippen LogP contribution in [-0.4, -0.2) is 24.2 Å². The Labute approximate surface area is 111 Å². The predicted molar refractivity (Wildman–Crippen MR) is 71.5 cm³/mol. The lowest BCUT2D eigenvalue weighted by molar-refractivity contribution is 0.214. The summed E-state index contributed by atoms with van der Waals surface area (Å²) in [4.78, 5) is 4.46. The van der Waals surface area contributed by atoms with Crippen LogP contribution in [0.15, 0.2) is 42.5 Å². The summed E-state index contributed by atoms with van der Waals surface area (Å²) in [5.41, 5.74) is 1.68. The van der Waals surface area contributed by atoms with Crippen molar-refractivity contribution in [1.29, 1.82) is 0 Å². The Morgan fingerprint density at radius 3 is 2.74 bits per heavy atom. The SMILES string of the molecule is Fc1ccc(-c2cccc(OC3CCNC3)n2)cc1. The zero-order valence-corrected chi connectivity index (χ0v) is 10.5. The van der Waals surface area contributed by atoms with Crippen molar-refractivity contribution in [3.8, 4) is 17.1 Å². The largest absolute Gasteiger partial charge is 0.473 e. The first kappa shape index (κ1) is 12.1. The number of rotatable bonds is 3. The van der Waals surface area contributed by atoms with Gasteiger partial charge >= 0.3 is 0 Å². The van der Waals surface area contributed by atoms with Crippen molar-refractivity contribution >= 4 is 0 Å². The van der Waals surface area contributed by atoms with Crippen molar-refractivity contribution in [3.05, 3.63) is 48.3 Å². The van der Waals surface area contributed by atoms with E-state index >= 15 is 0 Å². The number of pyridine rings is 1. The third-order valence-electron chi connectivity index (χ3n) is 3.17. The van der Waals surface area contributed by atoms with Gasteiger partial charge in [-0.3, -0.25) is 0 Å². The average molecular weight is 258 g/mol. The van der Waals surface area contributed by atoms with Gasteiger partial charge in [-0.05, 0) is 43.3 Å². The van der Waals surface area contributed by atoms with Gasteiger partial charge in [-0.2, -0.15) is 0 Å². The summed E-state index contributed by atoms with van der Waals surface area (Å²) in [6, 6.07) is 12.0. The monoisotopic (exact) mass is 258 g/mol. The molecule has 0 spiro atoms. The Bertz CT molecular complexity index is 550. The van der Waals surface area contributed by atoms with Crippen LogP contribution in [0.25, 0.3) is 11.3 Å². The standard InChI is InChI=1S/C15H15FN2O/c16-12-6-4-11(5-7-12)14-2-1-3-15(18-14)19-13-8-9-17-10-13/h1-7,13,17H,8-10H2. The molecule has 1 N–H and O–H groups in total. The van der Waals surface area contributed by atoms with E-state index in [2.05, 4.69) is 10.3 Å². The highest BCUT2D eigenvalue weighted by Crippen LogP contribution is 2.21. The van der Waals surface area contributed by atoms with E-state index in [4.69, 9.17) is 4.74 Å². The molecule has 2 aromatic rings. The van der Waals surface area contributed by atoms with Crippen LogP contribution in [0.2, 0.25) is 0 Å². The normalized spacial score (nSPS) is 18.5. The summed E-state index contributed by atoms with van der Waals surface area (Å²) < 4.78 is 18.7. The van der Waals surface area contributed by atoms with E-state index in [0.29, 0.717) is 5.88 Å². The zero-order chi connectivity index (χ0) is 13.1. The van der Waals surface area contributed by atoms with Gasteiger partial charge in [0.05, 0.1) is 5.69 Å². The molecule has 3 rings (SSSR count). The van der Waals surface area contributed by atoms with Crippen LogP contribution in [0, 0.1) is 5.82 Å². The van der Waals surface area contributed by atoms with Crippen LogP contribution in [0.3, 0.4) is 0 Å². The number of hydrogen-bond donors (Lipinski definition) is 1. The molecule has 4 heteroatoms. The molecule has 1 aliphatic heterocycles. The molecule has 1 aliphatic rings. The Morgan fingerprint density at radius 2 is 2.00 bits per heavy atom. The third kappa shape index (κ3) is 2.90. The van der Waals surface area contributed by atoms with E-state index < -0.39 is 0 Å². The molecule has 3 nitrogen and oxygen atoms in total. The molecule has 0 amide bonds. The van der Waals surface area contributed by atoms with E-state index in [1.807, 2.05) is 18.2 Å². The van der Waals surface area contributed by atoms with Crippen molar-refractivity contribution in [1.82, 2.24) is 10.3 Å². The van der Waals surface area contributed by atoms with E-state index in [1.165, 1.54) is 12.1 Å². The van der Waals surface area contributed by atoms with Crippen LogP contribution in [0.5, 0.6) is 5.88 Å². The van der Waals surface area contributed by atoms with Crippen molar-refractivity contribution in [2.75, 3.05) is 13.1 Å². The van der Waals surface area contributed by atoms with Gasteiger partial charge in [0.2, 0.25) is 5.88 Å². The molecule has 1 aromatic carbocycles. The summed E-state index contributed by atoms with van der Waals surface area (Å²) in [5, 5.41) is 3.25. The second-order valence-electron chi connectivity index (χ2n) is 4.60. The van der Waals surface area contributed by atoms with Crippen molar-refractivity contribution in [2.45, 2.75) is 12.5 Å². The summed E-state index contributed by atoms with van der Waals surface area (Å²) in [7, 11) is 0. The lowest BCUT2D eigenvalue weighted by atomic mass is 10.1. The number of halogens is 1. The Kier molecular flexibility index (Phi) is 3.42. The Morgan fingerprint density at radius 1 is 1.16 bits per heavy atom. The van der Waals surface area contributed by atoms with Gasteiger partial charge in [0, 0.05) is 18.2 Å². The molecule has 19 heavy (non-hydrogen) atoms. The van der Waals surface area contributed by atoms with Gasteiger partial charge in [0.1, 0.15) is 11.9 Å². The predicted octanol–water partition coefficient (Wildman–Crippen LogP) is 2.63. The summed E-state index contributed by atoms with van der Waals surface area (Å²) in [6.07, 6.45) is 1.19. The van der Waals surface area contributed by atoms with Gasteiger partial charge in [0.25, 0.3) is 0 Å². The molecule has 1 saturated heterocycles. The van der Waals surface area contributed by atoms with Crippen LogP contribution >= 0.6 is 0 Å². The molecule has 98 valence electrons. The zero-order valence-electron chi connectivity index (χ0n) is 10.5. The average Bonchev–Trinajstić information content (AvgIpc) is 2.93. The fourth-order valence-electron chi connectivity index (χ4n) is 2.16. The lowest BCUT2D eigenvalue weighted by Crippen LogP contribution is -2.20. The molecule has 2 heterocycles. The number of benzene rings is 1. The minimum absolute atomic E-state index is 0.191. The number of nitrogens with zero attached hydrogens (tertiary/aromatic N) is 1. The summed E-state index contributed by atoms with van der Waals surface area (Å²) in [5.74, 6) is 0.378. The van der Waals surface area contributed by atoms with Crippen molar-refractivity contribution in [2.24, 2.45) is 0 Å².